The van der Waals surface area contributed by atoms with Crippen molar-refractivity contribution in [3.8, 4) is 0 Å². The number of aliphatic carboxylic acids is 1. The Labute approximate surface area is 147 Å². The maximum Gasteiger partial charge on any atom is 0.326 e. The van der Waals surface area contributed by atoms with Crippen LogP contribution in [0.4, 0.5) is 0 Å². The van der Waals surface area contributed by atoms with E-state index in [4.69, 9.17) is 5.11 Å². The van der Waals surface area contributed by atoms with E-state index in [9.17, 15) is 9.59 Å². The van der Waals surface area contributed by atoms with E-state index in [1.54, 1.807) is 18.6 Å². The van der Waals surface area contributed by atoms with Crippen LogP contribution in [-0.2, 0) is 16.1 Å². The lowest BCUT2D eigenvalue weighted by Crippen LogP contribution is -2.40. The van der Waals surface area contributed by atoms with Gasteiger partial charge in [-0.05, 0) is 29.5 Å². The first kappa shape index (κ1) is 18.4. The molecule has 2 N–H and O–H groups in total. The van der Waals surface area contributed by atoms with Crippen molar-refractivity contribution in [3.05, 3.63) is 60.2 Å². The monoisotopic (exact) mass is 341 g/mol. The number of carboxylic acids is 1. The van der Waals surface area contributed by atoms with Crippen LogP contribution in [0.2, 0.25) is 0 Å². The number of carbonyl (C=O) groups excluding carboxylic acids is 1. The van der Waals surface area contributed by atoms with Gasteiger partial charge in [-0.25, -0.2) is 9.78 Å². The molecule has 1 amide bonds. The van der Waals surface area contributed by atoms with Gasteiger partial charge in [-0.3, -0.25) is 4.79 Å². The molecule has 0 bridgehead atoms. The van der Waals surface area contributed by atoms with Crippen molar-refractivity contribution in [3.63, 3.8) is 0 Å². The Morgan fingerprint density at radius 3 is 2.56 bits per heavy atom. The molecule has 0 radical (unpaired) electrons. The van der Waals surface area contributed by atoms with Crippen LogP contribution in [0.3, 0.4) is 0 Å². The van der Waals surface area contributed by atoms with Gasteiger partial charge in [-0.2, -0.15) is 0 Å². The molecule has 0 fully saturated rings. The van der Waals surface area contributed by atoms with Gasteiger partial charge in [0.2, 0.25) is 5.91 Å². The van der Waals surface area contributed by atoms with Gasteiger partial charge < -0.3 is 15.0 Å². The molecule has 0 aliphatic carbocycles. The fraction of sp³-hybridized carbons (Fsp3) is 0.316. The van der Waals surface area contributed by atoms with Crippen LogP contribution in [0.15, 0.2) is 49.1 Å². The molecule has 0 aliphatic rings. The zero-order chi connectivity index (χ0) is 18.2. The molecule has 0 aliphatic heterocycles. The van der Waals surface area contributed by atoms with Crippen LogP contribution in [0.1, 0.15) is 31.4 Å². The van der Waals surface area contributed by atoms with Crippen molar-refractivity contribution < 1.29 is 14.7 Å². The molecule has 1 atom stereocenters. The number of hydrogen-bond acceptors (Lipinski definition) is 3. The smallest absolute Gasteiger partial charge is 0.326 e. The number of aromatic nitrogens is 2. The topological polar surface area (TPSA) is 84.2 Å². The van der Waals surface area contributed by atoms with Crippen LogP contribution in [-0.4, -0.2) is 32.6 Å². The highest BCUT2D eigenvalue weighted by Crippen LogP contribution is 2.09. The van der Waals surface area contributed by atoms with E-state index in [0.29, 0.717) is 6.42 Å². The largest absolute Gasteiger partial charge is 0.480 e. The van der Waals surface area contributed by atoms with Gasteiger partial charge in [0, 0.05) is 25.0 Å². The Kier molecular flexibility index (Phi) is 6.51. The number of nitrogens with one attached hydrogen (secondary N) is 1. The first-order valence-corrected chi connectivity index (χ1v) is 8.20. The third-order valence-electron chi connectivity index (χ3n) is 3.65. The van der Waals surface area contributed by atoms with E-state index in [-0.39, 0.29) is 5.92 Å². The minimum atomic E-state index is -1.01. The minimum absolute atomic E-state index is 0.188. The number of imidazole rings is 1. The maximum absolute atomic E-state index is 11.9. The fourth-order valence-electron chi connectivity index (χ4n) is 2.41. The van der Waals surface area contributed by atoms with E-state index in [1.807, 2.05) is 48.9 Å². The Balaban J connectivity index is 1.91. The van der Waals surface area contributed by atoms with E-state index >= 15 is 0 Å². The van der Waals surface area contributed by atoms with E-state index in [0.717, 1.165) is 17.7 Å². The summed E-state index contributed by atoms with van der Waals surface area (Å²) in [5, 5.41) is 11.7. The molecule has 1 aromatic carbocycles. The van der Waals surface area contributed by atoms with Gasteiger partial charge in [0.25, 0.3) is 0 Å². The fourth-order valence-corrected chi connectivity index (χ4v) is 2.41. The highest BCUT2D eigenvalue weighted by Gasteiger charge is 2.19. The predicted molar refractivity (Wildman–Crippen MR) is 95.8 cm³/mol. The van der Waals surface area contributed by atoms with Crippen LogP contribution >= 0.6 is 0 Å². The van der Waals surface area contributed by atoms with Gasteiger partial charge in [0.15, 0.2) is 0 Å². The molecular weight excluding hydrogens is 318 g/mol. The number of carbonyl (C=O) groups is 2. The molecule has 132 valence electrons. The maximum atomic E-state index is 11.9. The summed E-state index contributed by atoms with van der Waals surface area (Å²) >= 11 is 0. The normalized spacial score (nSPS) is 12.4. The van der Waals surface area contributed by atoms with Gasteiger partial charge in [0.05, 0.1) is 6.33 Å². The first-order chi connectivity index (χ1) is 11.9. The average Bonchev–Trinajstić information content (AvgIpc) is 3.06. The number of rotatable bonds is 8. The van der Waals surface area contributed by atoms with Crippen LogP contribution in [0.25, 0.3) is 6.08 Å². The van der Waals surface area contributed by atoms with E-state index in [2.05, 4.69) is 10.3 Å². The van der Waals surface area contributed by atoms with Crippen molar-refractivity contribution in [2.45, 2.75) is 32.9 Å². The quantitative estimate of drug-likeness (QED) is 0.723. The highest BCUT2D eigenvalue weighted by molar-refractivity contribution is 5.94. The SMILES string of the molecule is CC(C)CC(NC(=O)/C=C/c1ccc(Cn2ccnc2)cc1)C(=O)O. The van der Waals surface area contributed by atoms with E-state index in [1.165, 1.54) is 6.08 Å². The van der Waals surface area contributed by atoms with Gasteiger partial charge in [-0.15, -0.1) is 0 Å². The number of hydrogen-bond donors (Lipinski definition) is 2. The van der Waals surface area contributed by atoms with Crippen molar-refractivity contribution in [1.82, 2.24) is 14.9 Å². The molecule has 1 heterocycles. The van der Waals surface area contributed by atoms with Crippen molar-refractivity contribution in [2.24, 2.45) is 5.92 Å². The van der Waals surface area contributed by atoms with Crippen LogP contribution in [0, 0.1) is 5.92 Å². The van der Waals surface area contributed by atoms with Crippen molar-refractivity contribution in [1.29, 1.82) is 0 Å². The molecule has 0 saturated heterocycles. The average molecular weight is 341 g/mol. The molecule has 6 nitrogen and oxygen atoms in total. The first-order valence-electron chi connectivity index (χ1n) is 8.20. The molecule has 2 rings (SSSR count). The summed E-state index contributed by atoms with van der Waals surface area (Å²) in [5.74, 6) is -1.23. The lowest BCUT2D eigenvalue weighted by atomic mass is 10.0. The van der Waals surface area contributed by atoms with Gasteiger partial charge >= 0.3 is 5.97 Å². The van der Waals surface area contributed by atoms with Crippen molar-refractivity contribution in [2.75, 3.05) is 0 Å². The zero-order valence-electron chi connectivity index (χ0n) is 14.4. The molecule has 1 unspecified atom stereocenters. The standard InChI is InChI=1S/C19H23N3O3/c1-14(2)11-17(19(24)25)21-18(23)8-7-15-3-5-16(6-4-15)12-22-10-9-20-13-22/h3-10,13-14,17H,11-12H2,1-2H3,(H,21,23)(H,24,25)/b8-7+. The molecule has 2 aromatic rings. The van der Waals surface area contributed by atoms with Crippen LogP contribution in [0.5, 0.6) is 0 Å². The summed E-state index contributed by atoms with van der Waals surface area (Å²) in [6.45, 7) is 4.58. The van der Waals surface area contributed by atoms with Crippen molar-refractivity contribution >= 4 is 18.0 Å². The van der Waals surface area contributed by atoms with E-state index < -0.39 is 17.9 Å². The Morgan fingerprint density at radius 1 is 1.28 bits per heavy atom. The number of amides is 1. The summed E-state index contributed by atoms with van der Waals surface area (Å²) in [5.41, 5.74) is 2.00. The molecule has 0 saturated carbocycles. The van der Waals surface area contributed by atoms with Crippen LogP contribution < -0.4 is 5.32 Å². The number of benzene rings is 1. The van der Waals surface area contributed by atoms with Gasteiger partial charge in [0.1, 0.15) is 6.04 Å². The third-order valence-corrected chi connectivity index (χ3v) is 3.65. The second kappa shape index (κ2) is 8.82. The molecule has 25 heavy (non-hydrogen) atoms. The summed E-state index contributed by atoms with van der Waals surface area (Å²) < 4.78 is 1.97. The molecule has 1 aromatic heterocycles. The third kappa shape index (κ3) is 6.25. The summed E-state index contributed by atoms with van der Waals surface area (Å²) in [4.78, 5) is 27.1. The highest BCUT2D eigenvalue weighted by atomic mass is 16.4. The number of nitrogens with zero attached hydrogens (tertiary/aromatic N) is 2. The number of carboxylic acid groups (broad SMARTS) is 1. The molecular formula is C19H23N3O3. The minimum Gasteiger partial charge on any atom is -0.480 e. The predicted octanol–water partition coefficient (Wildman–Crippen LogP) is 2.56. The second-order valence-corrected chi connectivity index (χ2v) is 6.34. The Hall–Kier alpha value is -2.89. The molecule has 0 spiro atoms. The lowest BCUT2D eigenvalue weighted by Gasteiger charge is -2.15. The second-order valence-electron chi connectivity index (χ2n) is 6.34. The summed E-state index contributed by atoms with van der Waals surface area (Å²) in [6.07, 6.45) is 8.82. The zero-order valence-corrected chi connectivity index (χ0v) is 14.4. The Morgan fingerprint density at radius 2 is 2.00 bits per heavy atom. The lowest BCUT2D eigenvalue weighted by molar-refractivity contribution is -0.141. The Bertz CT molecular complexity index is 719. The summed E-state index contributed by atoms with van der Waals surface area (Å²) in [7, 11) is 0. The summed E-state index contributed by atoms with van der Waals surface area (Å²) in [6, 6.07) is 6.93. The molecule has 6 heteroatoms. The van der Waals surface area contributed by atoms with Gasteiger partial charge in [-0.1, -0.05) is 38.1 Å².